The first kappa shape index (κ1) is 12.3. The Bertz CT molecular complexity index is 322. The molecule has 2 rings (SSSR count). The van der Waals surface area contributed by atoms with E-state index >= 15 is 0 Å². The predicted molar refractivity (Wildman–Crippen MR) is 63.2 cm³/mol. The van der Waals surface area contributed by atoms with Gasteiger partial charge in [0.05, 0.1) is 18.1 Å². The molecule has 5 heteroatoms. The van der Waals surface area contributed by atoms with Gasteiger partial charge < -0.3 is 10.1 Å². The molecule has 2 aliphatic heterocycles. The average Bonchev–Trinajstić information content (AvgIpc) is 2.68. The van der Waals surface area contributed by atoms with Gasteiger partial charge in [-0.25, -0.2) is 8.42 Å². The van der Waals surface area contributed by atoms with E-state index in [4.69, 9.17) is 4.74 Å². The molecule has 3 atom stereocenters. The van der Waals surface area contributed by atoms with Gasteiger partial charge >= 0.3 is 0 Å². The number of sulfone groups is 1. The highest BCUT2D eigenvalue weighted by Gasteiger charge is 2.29. The molecule has 0 saturated carbocycles. The quantitative estimate of drug-likeness (QED) is 0.792. The molecule has 0 spiro atoms. The fraction of sp³-hybridized carbons (Fsp3) is 1.00. The van der Waals surface area contributed by atoms with Crippen molar-refractivity contribution in [2.75, 3.05) is 24.7 Å². The Labute approximate surface area is 97.7 Å². The van der Waals surface area contributed by atoms with Crippen LogP contribution in [-0.4, -0.2) is 45.2 Å². The Hall–Kier alpha value is -0.130. The Morgan fingerprint density at radius 1 is 1.38 bits per heavy atom. The third-order valence-electron chi connectivity index (χ3n) is 3.63. The zero-order valence-electron chi connectivity index (χ0n) is 9.81. The Kier molecular flexibility index (Phi) is 3.87. The van der Waals surface area contributed by atoms with Crippen molar-refractivity contribution in [2.24, 2.45) is 5.92 Å². The van der Waals surface area contributed by atoms with Crippen molar-refractivity contribution < 1.29 is 13.2 Å². The minimum Gasteiger partial charge on any atom is -0.381 e. The first-order chi connectivity index (χ1) is 7.57. The van der Waals surface area contributed by atoms with Gasteiger partial charge in [-0.05, 0) is 32.1 Å². The lowest BCUT2D eigenvalue weighted by atomic mass is 9.99. The van der Waals surface area contributed by atoms with Crippen LogP contribution in [0, 0.1) is 5.92 Å². The molecule has 0 bridgehead atoms. The maximum atomic E-state index is 11.5. The largest absolute Gasteiger partial charge is 0.381 e. The van der Waals surface area contributed by atoms with Crippen molar-refractivity contribution in [1.29, 1.82) is 0 Å². The topological polar surface area (TPSA) is 55.4 Å². The van der Waals surface area contributed by atoms with Crippen LogP contribution >= 0.6 is 0 Å². The highest BCUT2D eigenvalue weighted by Crippen LogP contribution is 2.19. The van der Waals surface area contributed by atoms with Crippen molar-refractivity contribution in [1.82, 2.24) is 5.32 Å². The van der Waals surface area contributed by atoms with Gasteiger partial charge in [0.2, 0.25) is 0 Å². The molecule has 2 aliphatic rings. The van der Waals surface area contributed by atoms with Crippen LogP contribution in [0.5, 0.6) is 0 Å². The monoisotopic (exact) mass is 247 g/mol. The van der Waals surface area contributed by atoms with E-state index < -0.39 is 9.84 Å². The lowest BCUT2D eigenvalue weighted by Gasteiger charge is -2.28. The van der Waals surface area contributed by atoms with Gasteiger partial charge in [0.1, 0.15) is 0 Å². The first-order valence-electron chi connectivity index (χ1n) is 6.11. The van der Waals surface area contributed by atoms with Gasteiger partial charge in [-0.15, -0.1) is 0 Å². The number of rotatable bonds is 3. The van der Waals surface area contributed by atoms with E-state index in [1.165, 1.54) is 0 Å². The second-order valence-electron chi connectivity index (χ2n) is 5.03. The minimum atomic E-state index is -2.79. The second-order valence-corrected chi connectivity index (χ2v) is 7.26. The van der Waals surface area contributed by atoms with Gasteiger partial charge in [0, 0.05) is 18.7 Å². The zero-order chi connectivity index (χ0) is 11.6. The van der Waals surface area contributed by atoms with Gasteiger partial charge in [-0.3, -0.25) is 0 Å². The van der Waals surface area contributed by atoms with Gasteiger partial charge in [0.15, 0.2) is 9.84 Å². The van der Waals surface area contributed by atoms with E-state index in [0.29, 0.717) is 23.5 Å². The third kappa shape index (κ3) is 3.18. The fourth-order valence-corrected chi connectivity index (χ4v) is 4.26. The summed E-state index contributed by atoms with van der Waals surface area (Å²) in [7, 11) is -2.79. The molecule has 3 unspecified atom stereocenters. The molecule has 94 valence electrons. The highest BCUT2D eigenvalue weighted by atomic mass is 32.2. The van der Waals surface area contributed by atoms with Crippen LogP contribution in [0.4, 0.5) is 0 Å². The first-order valence-corrected chi connectivity index (χ1v) is 7.93. The van der Waals surface area contributed by atoms with Crippen LogP contribution in [0.2, 0.25) is 0 Å². The minimum absolute atomic E-state index is 0.148. The van der Waals surface area contributed by atoms with Gasteiger partial charge in [-0.2, -0.15) is 0 Å². The Balaban J connectivity index is 1.84. The molecule has 16 heavy (non-hydrogen) atoms. The summed E-state index contributed by atoms with van der Waals surface area (Å²) in [6, 6.07) is 0.509. The maximum absolute atomic E-state index is 11.5. The third-order valence-corrected chi connectivity index (χ3v) is 5.45. The summed E-state index contributed by atoms with van der Waals surface area (Å²) in [6.45, 7) is 3.80. The van der Waals surface area contributed by atoms with Crippen molar-refractivity contribution >= 4 is 9.84 Å². The standard InChI is InChI=1S/C11H21NO3S/c1-9(10-4-5-15-7-10)12-11-3-2-6-16(13,14)8-11/h9-12H,2-8H2,1H3. The summed E-state index contributed by atoms with van der Waals surface area (Å²) in [6.07, 6.45) is 2.87. The molecular weight excluding hydrogens is 226 g/mol. The molecule has 2 saturated heterocycles. The number of ether oxygens (including phenoxy) is 1. The number of hydrogen-bond donors (Lipinski definition) is 1. The summed E-state index contributed by atoms with van der Waals surface area (Å²) in [5, 5.41) is 3.46. The van der Waals surface area contributed by atoms with E-state index in [1.807, 2.05) is 0 Å². The average molecular weight is 247 g/mol. The Morgan fingerprint density at radius 3 is 2.81 bits per heavy atom. The van der Waals surface area contributed by atoms with E-state index in [-0.39, 0.29) is 6.04 Å². The molecule has 0 aromatic carbocycles. The lowest BCUT2D eigenvalue weighted by molar-refractivity contribution is 0.176. The summed E-state index contributed by atoms with van der Waals surface area (Å²) in [5.41, 5.74) is 0. The van der Waals surface area contributed by atoms with Gasteiger partial charge in [-0.1, -0.05) is 0 Å². The smallest absolute Gasteiger partial charge is 0.151 e. The van der Waals surface area contributed by atoms with Crippen molar-refractivity contribution in [3.8, 4) is 0 Å². The summed E-state index contributed by atoms with van der Waals surface area (Å²) < 4.78 is 28.3. The molecule has 0 aromatic heterocycles. The molecule has 1 N–H and O–H groups in total. The zero-order valence-corrected chi connectivity index (χ0v) is 10.6. The van der Waals surface area contributed by atoms with Crippen molar-refractivity contribution in [2.45, 2.75) is 38.3 Å². The SMILES string of the molecule is CC(NC1CCCS(=O)(=O)C1)C1CCOC1. The lowest BCUT2D eigenvalue weighted by Crippen LogP contribution is -2.46. The van der Waals surface area contributed by atoms with Crippen molar-refractivity contribution in [3.05, 3.63) is 0 Å². The Morgan fingerprint density at radius 2 is 2.19 bits per heavy atom. The summed E-state index contributed by atoms with van der Waals surface area (Å²) in [5.74, 6) is 1.22. The van der Waals surface area contributed by atoms with E-state index in [1.54, 1.807) is 0 Å². The van der Waals surface area contributed by atoms with E-state index in [9.17, 15) is 8.42 Å². The number of hydrogen-bond acceptors (Lipinski definition) is 4. The molecule has 2 heterocycles. The van der Waals surface area contributed by atoms with E-state index in [2.05, 4.69) is 12.2 Å². The van der Waals surface area contributed by atoms with Crippen LogP contribution in [-0.2, 0) is 14.6 Å². The molecule has 2 fully saturated rings. The van der Waals surface area contributed by atoms with Crippen LogP contribution in [0.3, 0.4) is 0 Å². The van der Waals surface area contributed by atoms with Crippen LogP contribution in [0.15, 0.2) is 0 Å². The molecule has 0 amide bonds. The normalized spacial score (nSPS) is 36.1. The molecular formula is C11H21NO3S. The summed E-state index contributed by atoms with van der Waals surface area (Å²) in [4.78, 5) is 0. The molecule has 0 aliphatic carbocycles. The molecule has 0 radical (unpaired) electrons. The number of nitrogens with one attached hydrogen (secondary N) is 1. The predicted octanol–water partition coefficient (Wildman–Crippen LogP) is 0.578. The van der Waals surface area contributed by atoms with Crippen LogP contribution in [0.25, 0.3) is 0 Å². The van der Waals surface area contributed by atoms with Gasteiger partial charge in [0.25, 0.3) is 0 Å². The van der Waals surface area contributed by atoms with Crippen molar-refractivity contribution in [3.63, 3.8) is 0 Å². The van der Waals surface area contributed by atoms with E-state index in [0.717, 1.165) is 32.5 Å². The molecule has 4 nitrogen and oxygen atoms in total. The molecule has 0 aromatic rings. The second kappa shape index (κ2) is 5.02. The summed E-state index contributed by atoms with van der Waals surface area (Å²) >= 11 is 0. The highest BCUT2D eigenvalue weighted by molar-refractivity contribution is 7.91. The maximum Gasteiger partial charge on any atom is 0.151 e. The fourth-order valence-electron chi connectivity index (χ4n) is 2.61. The van der Waals surface area contributed by atoms with Crippen LogP contribution in [0.1, 0.15) is 26.2 Å². The van der Waals surface area contributed by atoms with Crippen LogP contribution < -0.4 is 5.32 Å².